The summed E-state index contributed by atoms with van der Waals surface area (Å²) in [5.41, 5.74) is 0. The maximum Gasteiger partial charge on any atom is 0.0136 e. The van der Waals surface area contributed by atoms with Crippen LogP contribution in [0.3, 0.4) is 0 Å². The number of benzene rings is 4. The summed E-state index contributed by atoms with van der Waals surface area (Å²) >= 11 is 2.37. The lowest BCUT2D eigenvalue weighted by atomic mass is 9.97. The molecule has 0 aliphatic heterocycles. The summed E-state index contributed by atoms with van der Waals surface area (Å²) in [5, 5.41) is 7.98. The average molecular weight is 354 g/mol. The third-order valence-electron chi connectivity index (χ3n) is 3.69. The van der Waals surface area contributed by atoms with Crippen molar-refractivity contribution < 1.29 is 0 Å². The Kier molecular flexibility index (Phi) is 2.49. The second kappa shape index (κ2) is 4.20. The highest BCUT2D eigenvalue weighted by Crippen LogP contribution is 2.32. The van der Waals surface area contributed by atoms with Gasteiger partial charge in [-0.2, -0.15) is 0 Å². The molecule has 0 atom stereocenters. The molecule has 90 valence electrons. The van der Waals surface area contributed by atoms with Gasteiger partial charge < -0.3 is 0 Å². The SMILES string of the molecule is Ic1ccc2c(ccc3ccc4ccccc4c32)c1. The van der Waals surface area contributed by atoms with E-state index in [4.69, 9.17) is 0 Å². The molecular weight excluding hydrogens is 343 g/mol. The normalized spacial score (nSPS) is 11.4. The number of hydrogen-bond donors (Lipinski definition) is 0. The minimum absolute atomic E-state index is 1.28. The van der Waals surface area contributed by atoms with Crippen molar-refractivity contribution >= 4 is 54.9 Å². The molecule has 0 unspecified atom stereocenters. The Morgan fingerprint density at radius 3 is 2.16 bits per heavy atom. The topological polar surface area (TPSA) is 0 Å². The molecule has 0 aromatic heterocycles. The van der Waals surface area contributed by atoms with E-state index in [2.05, 4.69) is 89.3 Å². The molecule has 0 spiro atoms. The van der Waals surface area contributed by atoms with Crippen LogP contribution in [-0.4, -0.2) is 0 Å². The number of rotatable bonds is 0. The van der Waals surface area contributed by atoms with Crippen LogP contribution in [-0.2, 0) is 0 Å². The first-order valence-electron chi connectivity index (χ1n) is 6.33. The summed E-state index contributed by atoms with van der Waals surface area (Å²) in [7, 11) is 0. The van der Waals surface area contributed by atoms with Crippen molar-refractivity contribution in [2.75, 3.05) is 0 Å². The first-order chi connectivity index (χ1) is 9.33. The van der Waals surface area contributed by atoms with Crippen molar-refractivity contribution in [2.45, 2.75) is 0 Å². The lowest BCUT2D eigenvalue weighted by molar-refractivity contribution is 1.72. The van der Waals surface area contributed by atoms with Crippen LogP contribution in [0.15, 0.2) is 66.7 Å². The monoisotopic (exact) mass is 354 g/mol. The Morgan fingerprint density at radius 2 is 1.26 bits per heavy atom. The fourth-order valence-corrected chi connectivity index (χ4v) is 3.32. The number of fused-ring (bicyclic) bond motifs is 5. The maximum atomic E-state index is 2.37. The van der Waals surface area contributed by atoms with E-state index in [0.717, 1.165) is 0 Å². The van der Waals surface area contributed by atoms with Crippen molar-refractivity contribution in [3.63, 3.8) is 0 Å². The van der Waals surface area contributed by atoms with Crippen molar-refractivity contribution in [3.8, 4) is 0 Å². The smallest absolute Gasteiger partial charge is 0.0136 e. The Bertz CT molecular complexity index is 922. The van der Waals surface area contributed by atoms with Gasteiger partial charge in [0.15, 0.2) is 0 Å². The van der Waals surface area contributed by atoms with Crippen LogP contribution in [0.5, 0.6) is 0 Å². The molecule has 0 fully saturated rings. The lowest BCUT2D eigenvalue weighted by Gasteiger charge is -2.08. The molecule has 0 N–H and O–H groups in total. The summed E-state index contributed by atoms with van der Waals surface area (Å²) in [6.07, 6.45) is 0. The zero-order valence-electron chi connectivity index (χ0n) is 10.2. The van der Waals surface area contributed by atoms with Gasteiger partial charge in [-0.1, -0.05) is 54.6 Å². The summed E-state index contributed by atoms with van der Waals surface area (Å²) in [4.78, 5) is 0. The quantitative estimate of drug-likeness (QED) is 0.279. The average Bonchev–Trinajstić information content (AvgIpc) is 2.46. The fourth-order valence-electron chi connectivity index (χ4n) is 2.81. The second-order valence-electron chi connectivity index (χ2n) is 4.82. The highest BCUT2D eigenvalue weighted by Gasteiger charge is 2.05. The van der Waals surface area contributed by atoms with Gasteiger partial charge in [0, 0.05) is 3.57 Å². The molecule has 0 saturated carbocycles. The third kappa shape index (κ3) is 1.72. The van der Waals surface area contributed by atoms with Gasteiger partial charge in [-0.05, 0) is 67.0 Å². The minimum atomic E-state index is 1.28. The van der Waals surface area contributed by atoms with Gasteiger partial charge in [-0.25, -0.2) is 0 Å². The van der Waals surface area contributed by atoms with Crippen LogP contribution in [0, 0.1) is 3.57 Å². The molecular formula is C18H11I. The Morgan fingerprint density at radius 1 is 0.579 bits per heavy atom. The van der Waals surface area contributed by atoms with Crippen LogP contribution in [0.4, 0.5) is 0 Å². The van der Waals surface area contributed by atoms with Crippen LogP contribution in [0.2, 0.25) is 0 Å². The Hall–Kier alpha value is -1.61. The van der Waals surface area contributed by atoms with Gasteiger partial charge in [0.05, 0.1) is 0 Å². The fraction of sp³-hybridized carbons (Fsp3) is 0. The van der Waals surface area contributed by atoms with Gasteiger partial charge in [0.25, 0.3) is 0 Å². The molecule has 0 amide bonds. The number of halogens is 1. The molecule has 0 aliphatic rings. The van der Waals surface area contributed by atoms with E-state index in [1.807, 2.05) is 0 Å². The summed E-state index contributed by atoms with van der Waals surface area (Å²) in [6.45, 7) is 0. The molecule has 0 heterocycles. The minimum Gasteiger partial charge on any atom is -0.0616 e. The summed E-state index contributed by atoms with van der Waals surface area (Å²) in [6, 6.07) is 24.2. The molecule has 19 heavy (non-hydrogen) atoms. The largest absolute Gasteiger partial charge is 0.0616 e. The molecule has 0 bridgehead atoms. The predicted octanol–water partition coefficient (Wildman–Crippen LogP) is 5.75. The van der Waals surface area contributed by atoms with E-state index in [1.165, 1.54) is 35.9 Å². The van der Waals surface area contributed by atoms with E-state index in [9.17, 15) is 0 Å². The van der Waals surface area contributed by atoms with Crippen LogP contribution < -0.4 is 0 Å². The molecule has 0 saturated heterocycles. The van der Waals surface area contributed by atoms with Gasteiger partial charge in [0.2, 0.25) is 0 Å². The zero-order valence-corrected chi connectivity index (χ0v) is 12.4. The molecule has 4 aromatic rings. The maximum absolute atomic E-state index is 2.37. The Balaban J connectivity index is 2.33. The van der Waals surface area contributed by atoms with Crippen LogP contribution in [0.1, 0.15) is 0 Å². The van der Waals surface area contributed by atoms with Crippen molar-refractivity contribution in [1.29, 1.82) is 0 Å². The number of hydrogen-bond acceptors (Lipinski definition) is 0. The van der Waals surface area contributed by atoms with Gasteiger partial charge in [-0.3, -0.25) is 0 Å². The second-order valence-corrected chi connectivity index (χ2v) is 6.06. The van der Waals surface area contributed by atoms with E-state index in [-0.39, 0.29) is 0 Å². The van der Waals surface area contributed by atoms with Crippen molar-refractivity contribution in [2.24, 2.45) is 0 Å². The zero-order chi connectivity index (χ0) is 12.8. The first kappa shape index (κ1) is 11.2. The van der Waals surface area contributed by atoms with Gasteiger partial charge in [0.1, 0.15) is 0 Å². The predicted molar refractivity (Wildman–Crippen MR) is 91.7 cm³/mol. The lowest BCUT2D eigenvalue weighted by Crippen LogP contribution is -1.81. The molecule has 0 nitrogen and oxygen atoms in total. The molecule has 0 aliphatic carbocycles. The van der Waals surface area contributed by atoms with Crippen LogP contribution in [0.25, 0.3) is 32.3 Å². The Labute approximate surface area is 125 Å². The first-order valence-corrected chi connectivity index (χ1v) is 7.40. The highest BCUT2D eigenvalue weighted by molar-refractivity contribution is 14.1. The standard InChI is InChI=1S/C18H11I/c19-15-9-10-17-14(11-15)8-7-13-6-5-12-3-1-2-4-16(12)18(13)17/h1-11H. The van der Waals surface area contributed by atoms with Crippen molar-refractivity contribution in [1.82, 2.24) is 0 Å². The van der Waals surface area contributed by atoms with Gasteiger partial charge in [-0.15, -0.1) is 0 Å². The summed E-state index contributed by atoms with van der Waals surface area (Å²) < 4.78 is 1.28. The highest BCUT2D eigenvalue weighted by atomic mass is 127. The molecule has 0 radical (unpaired) electrons. The van der Waals surface area contributed by atoms with Crippen LogP contribution >= 0.6 is 22.6 Å². The van der Waals surface area contributed by atoms with E-state index in [0.29, 0.717) is 0 Å². The molecule has 4 rings (SSSR count). The van der Waals surface area contributed by atoms with E-state index >= 15 is 0 Å². The van der Waals surface area contributed by atoms with E-state index < -0.39 is 0 Å². The van der Waals surface area contributed by atoms with E-state index in [1.54, 1.807) is 0 Å². The molecule has 1 heteroatoms. The third-order valence-corrected chi connectivity index (χ3v) is 4.36. The van der Waals surface area contributed by atoms with Crippen molar-refractivity contribution in [3.05, 3.63) is 70.3 Å². The van der Waals surface area contributed by atoms with Gasteiger partial charge >= 0.3 is 0 Å². The molecule has 4 aromatic carbocycles. The summed E-state index contributed by atoms with van der Waals surface area (Å²) in [5.74, 6) is 0.